The predicted octanol–water partition coefficient (Wildman–Crippen LogP) is 2.57. The number of rotatable bonds is 4. The first kappa shape index (κ1) is 13.0. The van der Waals surface area contributed by atoms with Crippen LogP contribution in [-0.4, -0.2) is 21.0 Å². The molecule has 0 saturated carbocycles. The molecule has 0 radical (unpaired) electrons. The Morgan fingerprint density at radius 2 is 2.26 bits per heavy atom. The van der Waals surface area contributed by atoms with Crippen LogP contribution in [-0.2, 0) is 0 Å². The van der Waals surface area contributed by atoms with Gasteiger partial charge in [-0.1, -0.05) is 0 Å². The number of nitro benzene ring substituents is 1. The van der Waals surface area contributed by atoms with Crippen molar-refractivity contribution in [3.05, 3.63) is 46.1 Å². The summed E-state index contributed by atoms with van der Waals surface area (Å²) in [6, 6.07) is 1.44. The largest absolute Gasteiger partial charge is 0.478 e. The van der Waals surface area contributed by atoms with Crippen LogP contribution in [0.4, 0.5) is 10.1 Å². The number of carboxylic acid groups (broad SMARTS) is 1. The van der Waals surface area contributed by atoms with E-state index >= 15 is 0 Å². The Bertz CT molecular complexity index is 644. The highest BCUT2D eigenvalue weighted by atomic mass is 32.2. The van der Waals surface area contributed by atoms with Crippen molar-refractivity contribution in [1.82, 2.24) is 4.98 Å². The molecule has 1 heterocycles. The first-order valence-corrected chi connectivity index (χ1v) is 5.59. The number of hydrogen-bond donors (Lipinski definition) is 1. The zero-order valence-corrected chi connectivity index (χ0v) is 9.89. The van der Waals surface area contributed by atoms with E-state index in [-0.39, 0.29) is 10.1 Å². The molecule has 0 atom stereocenters. The van der Waals surface area contributed by atoms with E-state index in [9.17, 15) is 19.3 Å². The summed E-state index contributed by atoms with van der Waals surface area (Å²) in [5.41, 5.74) is -1.20. The molecule has 0 unspecified atom stereocenters. The van der Waals surface area contributed by atoms with Crippen LogP contribution >= 0.6 is 11.8 Å². The van der Waals surface area contributed by atoms with E-state index in [1.807, 2.05) is 0 Å². The Hall–Kier alpha value is -2.42. The molecule has 0 aliphatic rings. The van der Waals surface area contributed by atoms with E-state index in [1.165, 1.54) is 12.5 Å². The predicted molar refractivity (Wildman–Crippen MR) is 60.6 cm³/mol. The molecule has 1 N–H and O–H groups in total. The lowest BCUT2D eigenvalue weighted by Gasteiger charge is -2.03. The van der Waals surface area contributed by atoms with Gasteiger partial charge in [-0.15, -0.1) is 0 Å². The smallest absolute Gasteiger partial charge is 0.338 e. The van der Waals surface area contributed by atoms with E-state index < -0.39 is 28.0 Å². The van der Waals surface area contributed by atoms with Gasteiger partial charge in [0.05, 0.1) is 27.6 Å². The molecule has 9 heteroatoms. The fraction of sp³-hybridized carbons (Fsp3) is 0. The number of halogens is 1. The maximum absolute atomic E-state index is 13.4. The highest BCUT2D eigenvalue weighted by molar-refractivity contribution is 7.99. The van der Waals surface area contributed by atoms with Crippen LogP contribution in [0.15, 0.2) is 39.1 Å². The first-order valence-electron chi connectivity index (χ1n) is 4.77. The van der Waals surface area contributed by atoms with Crippen molar-refractivity contribution >= 4 is 23.4 Å². The molecule has 0 amide bonds. The molecule has 2 aromatic rings. The van der Waals surface area contributed by atoms with Crippen LogP contribution in [0.25, 0.3) is 0 Å². The third-order valence-electron chi connectivity index (χ3n) is 2.08. The Morgan fingerprint density at radius 3 is 2.79 bits per heavy atom. The topological polar surface area (TPSA) is 106 Å². The lowest BCUT2D eigenvalue weighted by molar-refractivity contribution is -0.387. The standard InChI is InChI=1S/C10H5FN2O5S/c11-6-4-7(13(16)17)8(3-5(6)9(14)15)19-10-12-1-2-18-10/h1-4H,(H,14,15). The minimum atomic E-state index is -1.51. The normalized spacial score (nSPS) is 10.4. The summed E-state index contributed by atoms with van der Waals surface area (Å²) in [7, 11) is 0. The van der Waals surface area contributed by atoms with Crippen LogP contribution in [0, 0.1) is 15.9 Å². The molecule has 0 bridgehead atoms. The molecule has 0 saturated heterocycles. The van der Waals surface area contributed by atoms with Crippen LogP contribution in [0.2, 0.25) is 0 Å². The summed E-state index contributed by atoms with van der Waals surface area (Å²) in [6.07, 6.45) is 2.59. The van der Waals surface area contributed by atoms with Crippen LogP contribution < -0.4 is 0 Å². The van der Waals surface area contributed by atoms with Crippen LogP contribution in [0.3, 0.4) is 0 Å². The second-order valence-electron chi connectivity index (χ2n) is 3.26. The molecule has 0 aliphatic heterocycles. The average Bonchev–Trinajstić information content (AvgIpc) is 2.83. The highest BCUT2D eigenvalue weighted by Gasteiger charge is 2.23. The second kappa shape index (κ2) is 5.06. The summed E-state index contributed by atoms with van der Waals surface area (Å²) in [4.78, 5) is 24.5. The third kappa shape index (κ3) is 2.71. The van der Waals surface area contributed by atoms with Crippen molar-refractivity contribution in [2.45, 2.75) is 10.1 Å². The quantitative estimate of drug-likeness (QED) is 0.679. The van der Waals surface area contributed by atoms with Gasteiger partial charge in [0, 0.05) is 0 Å². The second-order valence-corrected chi connectivity index (χ2v) is 4.26. The number of carbonyl (C=O) groups is 1. The minimum Gasteiger partial charge on any atom is -0.478 e. The Balaban J connectivity index is 2.52. The van der Waals surface area contributed by atoms with E-state index in [1.54, 1.807) is 0 Å². The van der Waals surface area contributed by atoms with Crippen molar-refractivity contribution in [2.75, 3.05) is 0 Å². The van der Waals surface area contributed by atoms with Gasteiger partial charge in [-0.25, -0.2) is 14.2 Å². The van der Waals surface area contributed by atoms with Crippen molar-refractivity contribution in [3.8, 4) is 0 Å². The van der Waals surface area contributed by atoms with Crippen molar-refractivity contribution in [3.63, 3.8) is 0 Å². The van der Waals surface area contributed by atoms with Crippen LogP contribution in [0.5, 0.6) is 0 Å². The van der Waals surface area contributed by atoms with E-state index in [0.717, 1.165) is 17.8 Å². The number of benzene rings is 1. The number of aromatic nitrogens is 1. The average molecular weight is 284 g/mol. The van der Waals surface area contributed by atoms with Gasteiger partial charge < -0.3 is 9.52 Å². The summed E-state index contributed by atoms with van der Waals surface area (Å²) in [6.45, 7) is 0. The number of nitro groups is 1. The van der Waals surface area contributed by atoms with E-state index in [0.29, 0.717) is 6.07 Å². The molecule has 1 aromatic heterocycles. The first-order chi connectivity index (χ1) is 8.99. The molecule has 98 valence electrons. The molecule has 19 heavy (non-hydrogen) atoms. The molecule has 0 spiro atoms. The number of carboxylic acids is 1. The molecule has 0 fully saturated rings. The maximum Gasteiger partial charge on any atom is 0.338 e. The Labute approximate surface area is 109 Å². The minimum absolute atomic E-state index is 0.0637. The number of aromatic carboxylic acids is 1. The number of nitrogens with zero attached hydrogens (tertiary/aromatic N) is 2. The van der Waals surface area contributed by atoms with Gasteiger partial charge in [0.1, 0.15) is 12.1 Å². The molecule has 1 aromatic carbocycles. The molecular weight excluding hydrogens is 279 g/mol. The summed E-state index contributed by atoms with van der Waals surface area (Å²) >= 11 is 0.740. The fourth-order valence-electron chi connectivity index (χ4n) is 1.29. The van der Waals surface area contributed by atoms with Gasteiger partial charge in [-0.05, 0) is 17.8 Å². The van der Waals surface area contributed by atoms with Gasteiger partial charge in [0.15, 0.2) is 0 Å². The Morgan fingerprint density at radius 1 is 1.53 bits per heavy atom. The van der Waals surface area contributed by atoms with Gasteiger partial charge in [0.2, 0.25) is 0 Å². The Kier molecular flexibility index (Phi) is 3.47. The monoisotopic (exact) mass is 284 g/mol. The fourth-order valence-corrected chi connectivity index (χ4v) is 2.11. The summed E-state index contributed by atoms with van der Waals surface area (Å²) < 4.78 is 18.3. The molecular formula is C10H5FN2O5S. The zero-order chi connectivity index (χ0) is 14.0. The third-order valence-corrected chi connectivity index (χ3v) is 3.01. The van der Waals surface area contributed by atoms with E-state index in [2.05, 4.69) is 4.98 Å². The molecule has 0 aliphatic carbocycles. The number of oxazole rings is 1. The van der Waals surface area contributed by atoms with E-state index in [4.69, 9.17) is 9.52 Å². The van der Waals surface area contributed by atoms with Crippen molar-refractivity contribution in [1.29, 1.82) is 0 Å². The zero-order valence-electron chi connectivity index (χ0n) is 9.07. The van der Waals surface area contributed by atoms with Gasteiger partial charge >= 0.3 is 5.97 Å². The molecule has 2 rings (SSSR count). The van der Waals surface area contributed by atoms with Gasteiger partial charge in [0.25, 0.3) is 10.9 Å². The highest BCUT2D eigenvalue weighted by Crippen LogP contribution is 2.35. The molecule has 7 nitrogen and oxygen atoms in total. The maximum atomic E-state index is 13.4. The van der Waals surface area contributed by atoms with Gasteiger partial charge in [-0.3, -0.25) is 10.1 Å². The van der Waals surface area contributed by atoms with Crippen LogP contribution in [0.1, 0.15) is 10.4 Å². The SMILES string of the molecule is O=C(O)c1cc(Sc2ncco2)c([N+](=O)[O-])cc1F. The number of hydrogen-bond acceptors (Lipinski definition) is 6. The van der Waals surface area contributed by atoms with Crippen molar-refractivity contribution < 1.29 is 23.6 Å². The summed E-state index contributed by atoms with van der Waals surface area (Å²) in [5, 5.41) is 19.7. The summed E-state index contributed by atoms with van der Waals surface area (Å²) in [5.74, 6) is -2.68. The lowest BCUT2D eigenvalue weighted by atomic mass is 10.2. The van der Waals surface area contributed by atoms with Crippen molar-refractivity contribution in [2.24, 2.45) is 0 Å². The lowest BCUT2D eigenvalue weighted by Crippen LogP contribution is -2.03. The van der Waals surface area contributed by atoms with Gasteiger partial charge in [-0.2, -0.15) is 0 Å².